The molecule has 2 N–H and O–H groups in total. The Balaban J connectivity index is 2.58. The van der Waals surface area contributed by atoms with Gasteiger partial charge in [0.15, 0.2) is 0 Å². The second-order valence-corrected chi connectivity index (χ2v) is 6.63. The molecule has 0 fully saturated rings. The number of likely N-dealkylation sites (N-methyl/N-ethyl adjacent to an activating group) is 1. The van der Waals surface area contributed by atoms with Gasteiger partial charge < -0.3 is 15.2 Å². The molecule has 3 nitrogen and oxygen atoms in total. The largest absolute Gasteiger partial charge is 0.494 e. The van der Waals surface area contributed by atoms with Crippen molar-refractivity contribution in [2.45, 2.75) is 52.0 Å². The number of ether oxygens (including phenoxy) is 1. The molecule has 0 saturated carbocycles. The molecule has 0 bridgehead atoms. The average molecular weight is 279 g/mol. The lowest BCUT2D eigenvalue weighted by atomic mass is 9.87. The van der Waals surface area contributed by atoms with Crippen LogP contribution in [0.3, 0.4) is 0 Å². The summed E-state index contributed by atoms with van der Waals surface area (Å²) in [6.45, 7) is 12.2. The Bertz CT molecular complexity index is 412. The fourth-order valence-electron chi connectivity index (χ4n) is 2.10. The third-order valence-corrected chi connectivity index (χ3v) is 3.58. The first-order chi connectivity index (χ1) is 9.30. The second kappa shape index (κ2) is 7.09. The van der Waals surface area contributed by atoms with Crippen LogP contribution < -0.4 is 10.1 Å². The molecule has 0 heterocycles. The lowest BCUT2D eigenvalue weighted by Crippen LogP contribution is -2.46. The molecule has 3 heteroatoms. The maximum absolute atomic E-state index is 9.45. The normalized spacial score (nSPS) is 14.9. The number of hydrogen-bond acceptors (Lipinski definition) is 3. The molecule has 0 aliphatic rings. The lowest BCUT2D eigenvalue weighted by Gasteiger charge is -2.28. The van der Waals surface area contributed by atoms with E-state index in [0.717, 1.165) is 18.7 Å². The van der Waals surface area contributed by atoms with Crippen molar-refractivity contribution in [2.75, 3.05) is 19.8 Å². The Labute approximate surface area is 123 Å². The van der Waals surface area contributed by atoms with E-state index in [-0.39, 0.29) is 17.6 Å². The molecule has 20 heavy (non-hydrogen) atoms. The minimum atomic E-state index is -0.267. The van der Waals surface area contributed by atoms with Crippen LogP contribution in [0, 0.1) is 0 Å². The van der Waals surface area contributed by atoms with E-state index in [1.165, 1.54) is 5.56 Å². The van der Waals surface area contributed by atoms with Crippen LogP contribution in [-0.2, 0) is 5.41 Å². The average Bonchev–Trinajstić information content (AvgIpc) is 2.38. The summed E-state index contributed by atoms with van der Waals surface area (Å²) in [5.41, 5.74) is 1.13. The highest BCUT2D eigenvalue weighted by molar-refractivity contribution is 5.32. The Hall–Kier alpha value is -1.06. The van der Waals surface area contributed by atoms with Gasteiger partial charge in [-0.25, -0.2) is 0 Å². The predicted molar refractivity (Wildman–Crippen MR) is 84.4 cm³/mol. The van der Waals surface area contributed by atoms with Crippen molar-refractivity contribution in [1.29, 1.82) is 0 Å². The highest BCUT2D eigenvalue weighted by atomic mass is 16.5. The van der Waals surface area contributed by atoms with E-state index >= 15 is 0 Å². The number of nitrogens with one attached hydrogen (secondary N) is 1. The monoisotopic (exact) mass is 279 g/mol. The van der Waals surface area contributed by atoms with Crippen LogP contribution in [0.15, 0.2) is 24.3 Å². The van der Waals surface area contributed by atoms with Gasteiger partial charge in [-0.3, -0.25) is 0 Å². The number of aliphatic hydroxyl groups excluding tert-OH is 1. The zero-order chi connectivity index (χ0) is 15.2. The Morgan fingerprint density at radius 3 is 2.45 bits per heavy atom. The first-order valence-corrected chi connectivity index (χ1v) is 7.40. The van der Waals surface area contributed by atoms with Crippen LogP contribution in [0.2, 0.25) is 0 Å². The number of benzene rings is 1. The molecule has 0 aliphatic carbocycles. The Morgan fingerprint density at radius 2 is 1.90 bits per heavy atom. The smallest absolute Gasteiger partial charge is 0.119 e. The van der Waals surface area contributed by atoms with Gasteiger partial charge in [-0.1, -0.05) is 39.8 Å². The Kier molecular flexibility index (Phi) is 6.03. The molecule has 0 spiro atoms. The maximum atomic E-state index is 9.45. The quantitative estimate of drug-likeness (QED) is 0.806. The molecular formula is C17H29NO2. The molecule has 1 rings (SSSR count). The molecule has 0 aliphatic heterocycles. The van der Waals surface area contributed by atoms with E-state index in [1.54, 1.807) is 0 Å². The summed E-state index contributed by atoms with van der Waals surface area (Å²) in [5.74, 6) is 0.897. The van der Waals surface area contributed by atoms with E-state index < -0.39 is 0 Å². The molecule has 1 aromatic rings. The van der Waals surface area contributed by atoms with E-state index in [0.29, 0.717) is 6.61 Å². The molecule has 0 saturated heterocycles. The summed E-state index contributed by atoms with van der Waals surface area (Å²) >= 11 is 0. The van der Waals surface area contributed by atoms with Gasteiger partial charge in [-0.2, -0.15) is 0 Å². The van der Waals surface area contributed by atoms with Crippen LogP contribution in [0.4, 0.5) is 0 Å². The van der Waals surface area contributed by atoms with Crippen LogP contribution in [0.1, 0.15) is 46.6 Å². The zero-order valence-electron chi connectivity index (χ0n) is 13.5. The van der Waals surface area contributed by atoms with Crippen LogP contribution in [-0.4, -0.2) is 30.4 Å². The standard InChI is InChI=1S/C17H29NO2/c1-6-18-17(5,13-19)10-11-20-15-9-7-8-14(12-15)16(2,3)4/h7-9,12,18-19H,6,10-11,13H2,1-5H3. The van der Waals surface area contributed by atoms with E-state index in [2.05, 4.69) is 38.2 Å². The van der Waals surface area contributed by atoms with Gasteiger partial charge in [-0.15, -0.1) is 0 Å². The molecular weight excluding hydrogens is 250 g/mol. The van der Waals surface area contributed by atoms with Gasteiger partial charge in [0, 0.05) is 12.0 Å². The first-order valence-electron chi connectivity index (χ1n) is 7.40. The van der Waals surface area contributed by atoms with Gasteiger partial charge in [-0.05, 0) is 36.6 Å². The zero-order valence-corrected chi connectivity index (χ0v) is 13.5. The van der Waals surface area contributed by atoms with Gasteiger partial charge in [0.05, 0.1) is 13.2 Å². The third-order valence-electron chi connectivity index (χ3n) is 3.58. The number of hydrogen-bond donors (Lipinski definition) is 2. The van der Waals surface area contributed by atoms with Crippen LogP contribution >= 0.6 is 0 Å². The van der Waals surface area contributed by atoms with Crippen molar-refractivity contribution in [3.63, 3.8) is 0 Å². The number of aliphatic hydroxyl groups is 1. The molecule has 1 atom stereocenters. The topological polar surface area (TPSA) is 41.5 Å². The summed E-state index contributed by atoms with van der Waals surface area (Å²) in [6.07, 6.45) is 0.775. The summed E-state index contributed by atoms with van der Waals surface area (Å²) < 4.78 is 5.83. The fraction of sp³-hybridized carbons (Fsp3) is 0.647. The molecule has 0 radical (unpaired) electrons. The molecule has 1 unspecified atom stereocenters. The minimum Gasteiger partial charge on any atom is -0.494 e. The van der Waals surface area contributed by atoms with Crippen molar-refractivity contribution in [3.05, 3.63) is 29.8 Å². The minimum absolute atomic E-state index is 0.117. The van der Waals surface area contributed by atoms with E-state index in [9.17, 15) is 5.11 Å². The first kappa shape index (κ1) is 17.0. The lowest BCUT2D eigenvalue weighted by molar-refractivity contribution is 0.146. The third kappa shape index (κ3) is 5.14. The summed E-state index contributed by atoms with van der Waals surface area (Å²) in [7, 11) is 0. The van der Waals surface area contributed by atoms with Crippen molar-refractivity contribution < 1.29 is 9.84 Å². The summed E-state index contributed by atoms with van der Waals surface area (Å²) in [6, 6.07) is 8.25. The van der Waals surface area contributed by atoms with Crippen molar-refractivity contribution in [2.24, 2.45) is 0 Å². The number of rotatable bonds is 7. The van der Waals surface area contributed by atoms with E-state index in [4.69, 9.17) is 4.74 Å². The van der Waals surface area contributed by atoms with Crippen molar-refractivity contribution in [1.82, 2.24) is 5.32 Å². The van der Waals surface area contributed by atoms with Gasteiger partial charge in [0.2, 0.25) is 0 Å². The maximum Gasteiger partial charge on any atom is 0.119 e. The van der Waals surface area contributed by atoms with Crippen molar-refractivity contribution in [3.8, 4) is 5.75 Å². The van der Waals surface area contributed by atoms with Crippen molar-refractivity contribution >= 4 is 0 Å². The van der Waals surface area contributed by atoms with Crippen LogP contribution in [0.25, 0.3) is 0 Å². The molecule has 114 valence electrons. The van der Waals surface area contributed by atoms with Gasteiger partial charge >= 0.3 is 0 Å². The molecule has 0 aromatic heterocycles. The predicted octanol–water partition coefficient (Wildman–Crippen LogP) is 3.11. The van der Waals surface area contributed by atoms with E-state index in [1.807, 2.05) is 26.0 Å². The second-order valence-electron chi connectivity index (χ2n) is 6.63. The molecule has 0 amide bonds. The highest BCUT2D eigenvalue weighted by Gasteiger charge is 2.21. The summed E-state index contributed by atoms with van der Waals surface area (Å²) in [4.78, 5) is 0. The highest BCUT2D eigenvalue weighted by Crippen LogP contribution is 2.25. The Morgan fingerprint density at radius 1 is 1.20 bits per heavy atom. The fourth-order valence-corrected chi connectivity index (χ4v) is 2.10. The SMILES string of the molecule is CCNC(C)(CO)CCOc1cccc(C(C)(C)C)c1. The van der Waals surface area contributed by atoms with Crippen LogP contribution in [0.5, 0.6) is 5.75 Å². The van der Waals surface area contributed by atoms with Gasteiger partial charge in [0.1, 0.15) is 5.75 Å². The molecule has 1 aromatic carbocycles. The summed E-state index contributed by atoms with van der Waals surface area (Å²) in [5, 5.41) is 12.7. The van der Waals surface area contributed by atoms with Gasteiger partial charge in [0.25, 0.3) is 0 Å².